The van der Waals surface area contributed by atoms with Crippen LogP contribution in [-0.2, 0) is 12.7 Å². The fourth-order valence-electron chi connectivity index (χ4n) is 3.81. The summed E-state index contributed by atoms with van der Waals surface area (Å²) in [6.07, 6.45) is 0.655. The molecule has 0 saturated heterocycles. The van der Waals surface area contributed by atoms with Crippen molar-refractivity contribution in [3.63, 3.8) is 0 Å². The van der Waals surface area contributed by atoms with Crippen molar-refractivity contribution in [3.8, 4) is 22.5 Å². The van der Waals surface area contributed by atoms with E-state index in [9.17, 15) is 13.2 Å². The molecule has 0 radical (unpaired) electrons. The summed E-state index contributed by atoms with van der Waals surface area (Å²) in [5, 5.41) is 4.12. The van der Waals surface area contributed by atoms with E-state index < -0.39 is 11.7 Å². The van der Waals surface area contributed by atoms with Gasteiger partial charge in [0.25, 0.3) is 0 Å². The van der Waals surface area contributed by atoms with Crippen LogP contribution in [0.5, 0.6) is 0 Å². The Hall–Kier alpha value is -4.26. The highest BCUT2D eigenvalue weighted by Crippen LogP contribution is 2.36. The number of alkyl halides is 3. The standard InChI is InChI=1S/C27H19F3N4/c28-27(29,30)23-7-2-1-6-21(23)26-33-17-22-24(8-3-9-25(22)34-26)32-15-18-10-12-19(13-11-18)20-5-4-14-31-16-20/h1-14,16-17,32H,15H2. The van der Waals surface area contributed by atoms with Gasteiger partial charge < -0.3 is 5.32 Å². The number of pyridine rings is 1. The third-order valence-corrected chi connectivity index (χ3v) is 5.53. The van der Waals surface area contributed by atoms with Crippen LogP contribution in [0.2, 0.25) is 0 Å². The molecule has 0 aliphatic rings. The van der Waals surface area contributed by atoms with E-state index in [0.29, 0.717) is 12.1 Å². The molecule has 168 valence electrons. The van der Waals surface area contributed by atoms with Crippen LogP contribution < -0.4 is 5.32 Å². The van der Waals surface area contributed by atoms with E-state index in [1.165, 1.54) is 12.1 Å². The molecule has 2 heterocycles. The van der Waals surface area contributed by atoms with Gasteiger partial charge in [-0.3, -0.25) is 4.98 Å². The van der Waals surface area contributed by atoms with Crippen LogP contribution in [0.25, 0.3) is 33.4 Å². The number of rotatable bonds is 5. The number of nitrogens with zero attached hydrogens (tertiary/aromatic N) is 3. The number of halogens is 3. The summed E-state index contributed by atoms with van der Waals surface area (Å²) in [7, 11) is 0. The molecular weight excluding hydrogens is 437 g/mol. The second kappa shape index (κ2) is 8.94. The van der Waals surface area contributed by atoms with Gasteiger partial charge >= 0.3 is 6.18 Å². The fourth-order valence-corrected chi connectivity index (χ4v) is 3.81. The number of hydrogen-bond acceptors (Lipinski definition) is 4. The fraction of sp³-hybridized carbons (Fsp3) is 0.0741. The quantitative estimate of drug-likeness (QED) is 0.310. The number of fused-ring (bicyclic) bond motifs is 1. The lowest BCUT2D eigenvalue weighted by Gasteiger charge is -2.13. The summed E-state index contributed by atoms with van der Waals surface area (Å²) in [5.41, 5.74) is 3.81. The molecule has 5 aromatic rings. The number of benzene rings is 3. The normalized spacial score (nSPS) is 11.5. The van der Waals surface area contributed by atoms with E-state index in [0.717, 1.165) is 33.8 Å². The van der Waals surface area contributed by atoms with Crippen molar-refractivity contribution >= 4 is 16.6 Å². The second-order valence-electron chi connectivity index (χ2n) is 7.77. The highest BCUT2D eigenvalue weighted by molar-refractivity contribution is 5.91. The SMILES string of the molecule is FC(F)(F)c1ccccc1-c1ncc2c(NCc3ccc(-c4cccnc4)cc3)cccc2n1. The van der Waals surface area contributed by atoms with Gasteiger partial charge in [-0.25, -0.2) is 9.97 Å². The van der Waals surface area contributed by atoms with Crippen molar-refractivity contribution in [1.29, 1.82) is 0 Å². The lowest BCUT2D eigenvalue weighted by molar-refractivity contribution is -0.137. The van der Waals surface area contributed by atoms with Crippen molar-refractivity contribution in [3.05, 3.63) is 109 Å². The van der Waals surface area contributed by atoms with Crippen molar-refractivity contribution in [2.24, 2.45) is 0 Å². The first-order chi connectivity index (χ1) is 16.5. The highest BCUT2D eigenvalue weighted by Gasteiger charge is 2.34. The number of hydrogen-bond donors (Lipinski definition) is 1. The van der Waals surface area contributed by atoms with Crippen LogP contribution in [0.1, 0.15) is 11.1 Å². The third kappa shape index (κ3) is 4.45. The first kappa shape index (κ1) is 21.6. The average molecular weight is 456 g/mol. The van der Waals surface area contributed by atoms with Gasteiger partial charge in [0, 0.05) is 41.8 Å². The first-order valence-electron chi connectivity index (χ1n) is 10.6. The van der Waals surface area contributed by atoms with Gasteiger partial charge in [0.15, 0.2) is 5.82 Å². The molecular formula is C27H19F3N4. The zero-order chi connectivity index (χ0) is 23.5. The Morgan fingerprint density at radius 2 is 1.59 bits per heavy atom. The molecule has 1 N–H and O–H groups in total. The summed E-state index contributed by atoms with van der Waals surface area (Å²) in [6.45, 7) is 0.574. The lowest BCUT2D eigenvalue weighted by Crippen LogP contribution is -2.08. The molecule has 0 amide bonds. The van der Waals surface area contributed by atoms with E-state index in [2.05, 4.69) is 20.3 Å². The molecule has 2 aromatic heterocycles. The summed E-state index contributed by atoms with van der Waals surface area (Å²) >= 11 is 0. The van der Waals surface area contributed by atoms with E-state index in [-0.39, 0.29) is 11.4 Å². The molecule has 7 heteroatoms. The number of anilines is 1. The monoisotopic (exact) mass is 456 g/mol. The zero-order valence-electron chi connectivity index (χ0n) is 17.9. The molecule has 5 rings (SSSR count). The van der Waals surface area contributed by atoms with Crippen molar-refractivity contribution < 1.29 is 13.2 Å². The van der Waals surface area contributed by atoms with Gasteiger partial charge in [0.2, 0.25) is 0 Å². The molecule has 0 aliphatic heterocycles. The van der Waals surface area contributed by atoms with Gasteiger partial charge in [0.05, 0.1) is 11.1 Å². The molecule has 34 heavy (non-hydrogen) atoms. The van der Waals surface area contributed by atoms with E-state index in [1.807, 2.05) is 54.7 Å². The van der Waals surface area contributed by atoms with Crippen LogP contribution in [0.4, 0.5) is 18.9 Å². The van der Waals surface area contributed by atoms with Crippen molar-refractivity contribution in [1.82, 2.24) is 15.0 Å². The first-order valence-corrected chi connectivity index (χ1v) is 10.6. The minimum atomic E-state index is -4.48. The smallest absolute Gasteiger partial charge is 0.380 e. The van der Waals surface area contributed by atoms with Gasteiger partial charge in [-0.2, -0.15) is 13.2 Å². The molecule has 0 unspecified atom stereocenters. The molecule has 0 aliphatic carbocycles. The van der Waals surface area contributed by atoms with Gasteiger partial charge in [-0.15, -0.1) is 0 Å². The van der Waals surface area contributed by atoms with Crippen LogP contribution in [0.15, 0.2) is 97.5 Å². The maximum atomic E-state index is 13.4. The van der Waals surface area contributed by atoms with E-state index in [4.69, 9.17) is 0 Å². The Bertz CT molecular complexity index is 1430. The Balaban J connectivity index is 1.39. The Labute approximate surface area is 194 Å². The zero-order valence-corrected chi connectivity index (χ0v) is 17.9. The van der Waals surface area contributed by atoms with Gasteiger partial charge in [0.1, 0.15) is 0 Å². The van der Waals surface area contributed by atoms with Crippen LogP contribution in [0.3, 0.4) is 0 Å². The predicted octanol–water partition coefficient (Wildman–Crippen LogP) is 6.99. The average Bonchev–Trinajstić information content (AvgIpc) is 2.87. The summed E-state index contributed by atoms with van der Waals surface area (Å²) in [6, 6.07) is 22.9. The number of nitrogens with one attached hydrogen (secondary N) is 1. The lowest BCUT2D eigenvalue weighted by atomic mass is 10.1. The Morgan fingerprint density at radius 1 is 0.765 bits per heavy atom. The summed E-state index contributed by atoms with van der Waals surface area (Å²) < 4.78 is 40.3. The van der Waals surface area contributed by atoms with Gasteiger partial charge in [-0.05, 0) is 41.0 Å². The largest absolute Gasteiger partial charge is 0.417 e. The minimum Gasteiger partial charge on any atom is -0.380 e. The maximum Gasteiger partial charge on any atom is 0.417 e. The summed E-state index contributed by atoms with van der Waals surface area (Å²) in [4.78, 5) is 12.8. The highest BCUT2D eigenvalue weighted by atomic mass is 19.4. The van der Waals surface area contributed by atoms with Crippen LogP contribution >= 0.6 is 0 Å². The van der Waals surface area contributed by atoms with Crippen LogP contribution in [0, 0.1) is 0 Å². The van der Waals surface area contributed by atoms with Gasteiger partial charge in [-0.1, -0.05) is 54.6 Å². The van der Waals surface area contributed by atoms with Crippen molar-refractivity contribution in [2.45, 2.75) is 12.7 Å². The molecule has 3 aromatic carbocycles. The molecule has 0 spiro atoms. The predicted molar refractivity (Wildman–Crippen MR) is 127 cm³/mol. The minimum absolute atomic E-state index is 0.0380. The Kier molecular flexibility index (Phi) is 5.67. The Morgan fingerprint density at radius 3 is 2.35 bits per heavy atom. The van der Waals surface area contributed by atoms with E-state index in [1.54, 1.807) is 24.5 Å². The second-order valence-corrected chi connectivity index (χ2v) is 7.77. The molecule has 0 saturated carbocycles. The maximum absolute atomic E-state index is 13.4. The summed E-state index contributed by atoms with van der Waals surface area (Å²) in [5.74, 6) is 0.0450. The molecule has 0 bridgehead atoms. The topological polar surface area (TPSA) is 50.7 Å². The molecule has 4 nitrogen and oxygen atoms in total. The van der Waals surface area contributed by atoms with Crippen LogP contribution in [-0.4, -0.2) is 15.0 Å². The van der Waals surface area contributed by atoms with Crippen molar-refractivity contribution in [2.75, 3.05) is 5.32 Å². The number of aromatic nitrogens is 3. The molecule has 0 fully saturated rings. The van der Waals surface area contributed by atoms with E-state index >= 15 is 0 Å². The molecule has 0 atom stereocenters. The third-order valence-electron chi connectivity index (χ3n) is 5.53.